The second-order valence-corrected chi connectivity index (χ2v) is 2.63. The molecule has 0 aromatic carbocycles. The summed E-state index contributed by atoms with van der Waals surface area (Å²) in [6, 6.07) is 3.15. The van der Waals surface area contributed by atoms with Crippen LogP contribution in [0.4, 0.5) is 0 Å². The fourth-order valence-electron chi connectivity index (χ4n) is 0.796. The number of H-pyrrole nitrogens is 1. The third-order valence-corrected chi connectivity index (χ3v) is 1.42. The molecule has 1 aromatic heterocycles. The van der Waals surface area contributed by atoms with Crippen molar-refractivity contribution < 1.29 is 0 Å². The molecule has 0 aliphatic heterocycles. The first kappa shape index (κ1) is 7.06. The third kappa shape index (κ3) is 1.47. The van der Waals surface area contributed by atoms with Crippen LogP contribution in [0.25, 0.3) is 0 Å². The Bertz CT molecular complexity index is 262. The lowest BCUT2D eigenvalue weighted by molar-refractivity contribution is 0.820. The maximum atomic E-state index is 10.8. The molecule has 0 spiro atoms. The number of aromatic nitrogens is 1. The van der Waals surface area contributed by atoms with Crippen molar-refractivity contribution in [2.24, 2.45) is 0 Å². The van der Waals surface area contributed by atoms with E-state index in [1.807, 2.05) is 13.8 Å². The van der Waals surface area contributed by atoms with Crippen LogP contribution in [0.5, 0.6) is 0 Å². The van der Waals surface area contributed by atoms with Gasteiger partial charge in [0, 0.05) is 24.0 Å². The Labute approximate surface area is 59.9 Å². The van der Waals surface area contributed by atoms with E-state index in [2.05, 4.69) is 4.98 Å². The Hall–Kier alpha value is -1.05. The number of nitrogens with one attached hydrogen (secondary N) is 1. The van der Waals surface area contributed by atoms with E-state index in [1.54, 1.807) is 12.3 Å². The molecule has 0 atom stereocenters. The van der Waals surface area contributed by atoms with Gasteiger partial charge in [0.15, 0.2) is 5.43 Å². The van der Waals surface area contributed by atoms with Gasteiger partial charge >= 0.3 is 0 Å². The quantitative estimate of drug-likeness (QED) is 0.625. The lowest BCUT2D eigenvalue weighted by atomic mass is 10.1. The van der Waals surface area contributed by atoms with Crippen molar-refractivity contribution in [1.29, 1.82) is 0 Å². The largest absolute Gasteiger partial charge is 0.365 e. The summed E-state index contributed by atoms with van der Waals surface area (Å²) >= 11 is 0. The van der Waals surface area contributed by atoms with Gasteiger partial charge in [0.2, 0.25) is 0 Å². The highest BCUT2D eigenvalue weighted by atomic mass is 16.1. The smallest absolute Gasteiger partial charge is 0.181 e. The first-order chi connectivity index (χ1) is 4.70. The van der Waals surface area contributed by atoms with Crippen LogP contribution in [0.2, 0.25) is 0 Å². The second-order valence-electron chi connectivity index (χ2n) is 2.63. The zero-order valence-corrected chi connectivity index (χ0v) is 6.22. The van der Waals surface area contributed by atoms with E-state index in [1.165, 1.54) is 6.07 Å². The van der Waals surface area contributed by atoms with Gasteiger partial charge in [-0.15, -0.1) is 0 Å². The number of rotatable bonds is 1. The fraction of sp³-hybridized carbons (Fsp3) is 0.375. The van der Waals surface area contributed by atoms with E-state index in [9.17, 15) is 4.79 Å². The minimum absolute atomic E-state index is 0.0717. The summed E-state index contributed by atoms with van der Waals surface area (Å²) < 4.78 is 0. The van der Waals surface area contributed by atoms with E-state index in [0.29, 0.717) is 5.92 Å². The van der Waals surface area contributed by atoms with Crippen LogP contribution < -0.4 is 5.43 Å². The van der Waals surface area contributed by atoms with Crippen molar-refractivity contribution in [3.05, 3.63) is 34.2 Å². The van der Waals surface area contributed by atoms with Crippen molar-refractivity contribution >= 4 is 0 Å². The summed E-state index contributed by atoms with van der Waals surface area (Å²) in [5.74, 6) is 0.397. The van der Waals surface area contributed by atoms with Crippen LogP contribution in [0.3, 0.4) is 0 Å². The fourth-order valence-corrected chi connectivity index (χ4v) is 0.796. The molecule has 0 unspecified atom stereocenters. The van der Waals surface area contributed by atoms with Gasteiger partial charge in [0.1, 0.15) is 0 Å². The molecule has 0 aliphatic rings. The highest BCUT2D eigenvalue weighted by molar-refractivity contribution is 5.07. The van der Waals surface area contributed by atoms with Crippen molar-refractivity contribution in [2.45, 2.75) is 19.8 Å². The predicted octanol–water partition coefficient (Wildman–Crippen LogP) is 1.50. The van der Waals surface area contributed by atoms with Gasteiger partial charge in [0.25, 0.3) is 0 Å². The summed E-state index contributed by atoms with van der Waals surface area (Å²) in [6.07, 6.45) is 1.68. The number of hydrogen-bond donors (Lipinski definition) is 1. The Morgan fingerprint density at radius 1 is 1.50 bits per heavy atom. The predicted molar refractivity (Wildman–Crippen MR) is 41.2 cm³/mol. The van der Waals surface area contributed by atoms with Gasteiger partial charge in [-0.1, -0.05) is 13.8 Å². The third-order valence-electron chi connectivity index (χ3n) is 1.42. The van der Waals surface area contributed by atoms with Crippen LogP contribution >= 0.6 is 0 Å². The van der Waals surface area contributed by atoms with E-state index in [-0.39, 0.29) is 5.43 Å². The van der Waals surface area contributed by atoms with E-state index in [4.69, 9.17) is 0 Å². The summed E-state index contributed by atoms with van der Waals surface area (Å²) in [7, 11) is 0. The van der Waals surface area contributed by atoms with Gasteiger partial charge < -0.3 is 4.98 Å². The number of aromatic amines is 1. The van der Waals surface area contributed by atoms with E-state index in [0.717, 1.165) is 5.69 Å². The van der Waals surface area contributed by atoms with Crippen LogP contribution in [0, 0.1) is 0 Å². The topological polar surface area (TPSA) is 32.9 Å². The molecule has 1 rings (SSSR count). The summed E-state index contributed by atoms with van der Waals surface area (Å²) in [6.45, 7) is 4.09. The lowest BCUT2D eigenvalue weighted by Crippen LogP contribution is -2.01. The van der Waals surface area contributed by atoms with Gasteiger partial charge in [0.05, 0.1) is 0 Å². The highest BCUT2D eigenvalue weighted by Gasteiger charge is 1.96. The molecule has 2 heteroatoms. The zero-order chi connectivity index (χ0) is 7.56. The average molecular weight is 137 g/mol. The standard InChI is InChI=1S/C8H11NO/c1-6(2)8-5-7(10)3-4-9-8/h3-6H,1-2H3,(H,9,10). The molecule has 0 amide bonds. The molecule has 1 heterocycles. The van der Waals surface area contributed by atoms with Crippen molar-refractivity contribution in [3.8, 4) is 0 Å². The molecule has 0 radical (unpaired) electrons. The van der Waals surface area contributed by atoms with Crippen LogP contribution in [0.15, 0.2) is 23.1 Å². The molecule has 1 aromatic rings. The number of pyridine rings is 1. The lowest BCUT2D eigenvalue weighted by Gasteiger charge is -2.01. The molecule has 0 fully saturated rings. The first-order valence-corrected chi connectivity index (χ1v) is 3.39. The Kier molecular flexibility index (Phi) is 1.90. The maximum Gasteiger partial charge on any atom is 0.181 e. The molecule has 0 aliphatic carbocycles. The van der Waals surface area contributed by atoms with Gasteiger partial charge in [-0.05, 0) is 5.92 Å². The van der Waals surface area contributed by atoms with Gasteiger partial charge in [-0.3, -0.25) is 4.79 Å². The molecular formula is C8H11NO. The van der Waals surface area contributed by atoms with Crippen LogP contribution in [0.1, 0.15) is 25.5 Å². The van der Waals surface area contributed by atoms with Gasteiger partial charge in [-0.25, -0.2) is 0 Å². The molecule has 0 saturated heterocycles. The monoisotopic (exact) mass is 137 g/mol. The second kappa shape index (κ2) is 2.69. The molecule has 54 valence electrons. The Balaban J connectivity index is 3.07. The van der Waals surface area contributed by atoms with Crippen molar-refractivity contribution in [3.63, 3.8) is 0 Å². The average Bonchev–Trinajstić information content (AvgIpc) is 1.88. The highest BCUT2D eigenvalue weighted by Crippen LogP contribution is 2.06. The maximum absolute atomic E-state index is 10.8. The van der Waals surface area contributed by atoms with Crippen molar-refractivity contribution in [2.75, 3.05) is 0 Å². The normalized spacial score (nSPS) is 10.3. The van der Waals surface area contributed by atoms with E-state index >= 15 is 0 Å². The zero-order valence-electron chi connectivity index (χ0n) is 6.22. The Morgan fingerprint density at radius 3 is 2.60 bits per heavy atom. The molecule has 1 N–H and O–H groups in total. The minimum Gasteiger partial charge on any atom is -0.365 e. The van der Waals surface area contributed by atoms with Crippen molar-refractivity contribution in [1.82, 2.24) is 4.98 Å². The summed E-state index contributed by atoms with van der Waals surface area (Å²) in [4.78, 5) is 13.8. The molecule has 2 nitrogen and oxygen atoms in total. The molecule has 0 saturated carbocycles. The minimum atomic E-state index is 0.0717. The van der Waals surface area contributed by atoms with E-state index < -0.39 is 0 Å². The first-order valence-electron chi connectivity index (χ1n) is 3.39. The van der Waals surface area contributed by atoms with Crippen LogP contribution in [-0.2, 0) is 0 Å². The SMILES string of the molecule is CC(C)c1cc(=O)cc[nH]1. The van der Waals surface area contributed by atoms with Gasteiger partial charge in [-0.2, -0.15) is 0 Å². The summed E-state index contributed by atoms with van der Waals surface area (Å²) in [5.41, 5.74) is 1.06. The Morgan fingerprint density at radius 2 is 2.20 bits per heavy atom. The molecular weight excluding hydrogens is 126 g/mol. The molecule has 10 heavy (non-hydrogen) atoms. The van der Waals surface area contributed by atoms with Crippen LogP contribution in [-0.4, -0.2) is 4.98 Å². The summed E-state index contributed by atoms with van der Waals surface area (Å²) in [5, 5.41) is 0. The number of hydrogen-bond acceptors (Lipinski definition) is 1. The molecule has 0 bridgehead atoms.